The van der Waals surface area contributed by atoms with Gasteiger partial charge in [-0.2, -0.15) is 5.10 Å². The monoisotopic (exact) mass is 402 g/mol. The van der Waals surface area contributed by atoms with E-state index in [1.54, 1.807) is 0 Å². The number of carbonyl (C=O) groups is 2. The Balaban J connectivity index is 1.59. The van der Waals surface area contributed by atoms with Crippen LogP contribution in [0.1, 0.15) is 40.0 Å². The van der Waals surface area contributed by atoms with E-state index in [1.807, 2.05) is 6.08 Å². The number of amides is 2. The maximum Gasteiger partial charge on any atom is 0.240 e. The third kappa shape index (κ3) is 5.51. The molecule has 0 aromatic heterocycles. The molecule has 1 fully saturated rings. The van der Waals surface area contributed by atoms with Gasteiger partial charge in [-0.3, -0.25) is 9.59 Å². The summed E-state index contributed by atoms with van der Waals surface area (Å²) in [4.78, 5) is 24.3. The van der Waals surface area contributed by atoms with Crippen LogP contribution >= 0.6 is 11.8 Å². The molecule has 3 rings (SSSR count). The molecule has 1 atom stereocenters. The molecule has 1 saturated heterocycles. The van der Waals surface area contributed by atoms with Crippen molar-refractivity contribution in [1.82, 2.24) is 5.32 Å². The van der Waals surface area contributed by atoms with Crippen LogP contribution in [0.3, 0.4) is 0 Å². The van der Waals surface area contributed by atoms with Crippen LogP contribution in [0.15, 0.2) is 46.1 Å². The fourth-order valence-corrected chi connectivity index (χ4v) is 4.29. The third-order valence-electron chi connectivity index (χ3n) is 4.37. The highest BCUT2D eigenvalue weighted by molar-refractivity contribution is 8.15. The normalized spacial score (nSPS) is 24.2. The largest absolute Gasteiger partial charge is 0.326 e. The molecule has 1 aliphatic heterocycles. The number of halogens is 1. The molecule has 6 nitrogen and oxygen atoms in total. The molecule has 0 bridgehead atoms. The molecule has 0 unspecified atom stereocenters. The quantitative estimate of drug-likeness (QED) is 0.750. The molecule has 148 valence electrons. The number of allylic oxidation sites excluding steroid dienone is 2. The van der Waals surface area contributed by atoms with Crippen molar-refractivity contribution in [2.45, 2.75) is 45.3 Å². The zero-order valence-corrected chi connectivity index (χ0v) is 16.9. The lowest BCUT2D eigenvalue weighted by Crippen LogP contribution is -2.28. The first-order valence-electron chi connectivity index (χ1n) is 9.05. The maximum atomic E-state index is 12.9. The second kappa shape index (κ2) is 8.26. The number of anilines is 1. The van der Waals surface area contributed by atoms with Gasteiger partial charge in [-0.25, -0.2) is 4.39 Å². The topological polar surface area (TPSA) is 82.9 Å². The van der Waals surface area contributed by atoms with E-state index in [-0.39, 0.29) is 29.5 Å². The number of carbonyl (C=O) groups excluding carboxylic acids is 2. The van der Waals surface area contributed by atoms with Crippen LogP contribution in [0.25, 0.3) is 0 Å². The number of hydrogen-bond donors (Lipinski definition) is 2. The highest BCUT2D eigenvalue weighted by Crippen LogP contribution is 2.34. The molecule has 1 aromatic carbocycles. The number of nitrogens with zero attached hydrogens (tertiary/aromatic N) is 2. The van der Waals surface area contributed by atoms with Crippen molar-refractivity contribution in [3.63, 3.8) is 0 Å². The fraction of sp³-hybridized carbons (Fsp3) is 0.400. The summed E-state index contributed by atoms with van der Waals surface area (Å²) in [7, 11) is 0. The summed E-state index contributed by atoms with van der Waals surface area (Å²) in [5, 5.41) is 13.6. The maximum absolute atomic E-state index is 12.9. The summed E-state index contributed by atoms with van der Waals surface area (Å²) >= 11 is 1.19. The second-order valence-electron chi connectivity index (χ2n) is 7.86. The van der Waals surface area contributed by atoms with Gasteiger partial charge in [0.2, 0.25) is 11.8 Å². The van der Waals surface area contributed by atoms with Gasteiger partial charge in [0.25, 0.3) is 0 Å². The van der Waals surface area contributed by atoms with Crippen LogP contribution in [0.2, 0.25) is 0 Å². The molecule has 8 heteroatoms. The SMILES string of the molecule is CC1=CC(=NN=C2NC(=O)[C@@H](CC(=O)Nc3ccc(F)cc3)S2)CC(C)(C)C1. The first-order valence-corrected chi connectivity index (χ1v) is 9.93. The summed E-state index contributed by atoms with van der Waals surface area (Å²) in [6.07, 6.45) is 3.88. The highest BCUT2D eigenvalue weighted by Gasteiger charge is 2.32. The van der Waals surface area contributed by atoms with E-state index < -0.39 is 5.25 Å². The van der Waals surface area contributed by atoms with Gasteiger partial charge in [0.15, 0.2) is 5.17 Å². The van der Waals surface area contributed by atoms with Crippen LogP contribution < -0.4 is 10.6 Å². The number of nitrogens with one attached hydrogen (secondary N) is 2. The standard InChI is InChI=1S/C20H23FN4O2S/c1-12-8-15(11-20(2,3)10-12)24-25-19-23-18(27)16(28-19)9-17(26)22-14-6-4-13(21)5-7-14/h4-8,16H,9-11H2,1-3H3,(H,22,26)(H,23,25,27)/t16-/m1/s1. The van der Waals surface area contributed by atoms with Gasteiger partial charge >= 0.3 is 0 Å². The lowest BCUT2D eigenvalue weighted by Gasteiger charge is -2.28. The van der Waals surface area contributed by atoms with E-state index in [4.69, 9.17) is 0 Å². The van der Waals surface area contributed by atoms with Crippen molar-refractivity contribution in [2.75, 3.05) is 5.32 Å². The van der Waals surface area contributed by atoms with Gasteiger partial charge in [-0.15, -0.1) is 5.10 Å². The summed E-state index contributed by atoms with van der Waals surface area (Å²) in [6.45, 7) is 6.45. The minimum atomic E-state index is -0.570. The van der Waals surface area contributed by atoms with Crippen molar-refractivity contribution in [2.24, 2.45) is 15.6 Å². The van der Waals surface area contributed by atoms with Crippen LogP contribution in [0, 0.1) is 11.2 Å². The molecule has 2 aliphatic rings. The van der Waals surface area contributed by atoms with Crippen molar-refractivity contribution in [3.05, 3.63) is 41.7 Å². The van der Waals surface area contributed by atoms with Crippen molar-refractivity contribution < 1.29 is 14.0 Å². The molecule has 2 N–H and O–H groups in total. The minimum Gasteiger partial charge on any atom is -0.326 e. The number of hydrogen-bond acceptors (Lipinski definition) is 5. The molecular formula is C20H23FN4O2S. The Bertz CT molecular complexity index is 875. The van der Waals surface area contributed by atoms with Crippen LogP contribution in [0.5, 0.6) is 0 Å². The first kappa shape index (κ1) is 20.3. The highest BCUT2D eigenvalue weighted by atomic mass is 32.2. The third-order valence-corrected chi connectivity index (χ3v) is 5.45. The molecule has 28 heavy (non-hydrogen) atoms. The summed E-state index contributed by atoms with van der Waals surface area (Å²) in [6, 6.07) is 5.47. The van der Waals surface area contributed by atoms with E-state index >= 15 is 0 Å². The van der Waals surface area contributed by atoms with Gasteiger partial charge in [0.1, 0.15) is 11.1 Å². The lowest BCUT2D eigenvalue weighted by molar-refractivity contribution is -0.122. The van der Waals surface area contributed by atoms with Crippen LogP contribution in [-0.4, -0.2) is 27.9 Å². The second-order valence-corrected chi connectivity index (χ2v) is 9.05. The van der Waals surface area contributed by atoms with Gasteiger partial charge in [-0.05, 0) is 55.5 Å². The summed E-state index contributed by atoms with van der Waals surface area (Å²) < 4.78 is 12.9. The Morgan fingerprint density at radius 2 is 2.00 bits per heavy atom. The molecule has 0 radical (unpaired) electrons. The smallest absolute Gasteiger partial charge is 0.240 e. The number of rotatable bonds is 4. The minimum absolute atomic E-state index is 0.00445. The Morgan fingerprint density at radius 1 is 1.29 bits per heavy atom. The van der Waals surface area contributed by atoms with E-state index in [0.29, 0.717) is 10.9 Å². The Hall–Kier alpha value is -2.48. The Labute approximate surface area is 167 Å². The van der Waals surface area contributed by atoms with Gasteiger partial charge in [0.05, 0.1) is 5.71 Å². The van der Waals surface area contributed by atoms with Gasteiger partial charge in [0, 0.05) is 12.1 Å². The Kier molecular flexibility index (Phi) is 5.98. The zero-order valence-electron chi connectivity index (χ0n) is 16.1. The van der Waals surface area contributed by atoms with Crippen LogP contribution in [-0.2, 0) is 9.59 Å². The molecule has 1 aromatic rings. The van der Waals surface area contributed by atoms with Gasteiger partial charge < -0.3 is 10.6 Å². The fourth-order valence-electron chi connectivity index (χ4n) is 3.37. The molecule has 1 aliphatic carbocycles. The van der Waals surface area contributed by atoms with Crippen molar-refractivity contribution >= 4 is 40.1 Å². The summed E-state index contributed by atoms with van der Waals surface area (Å²) in [5.41, 5.74) is 2.77. The molecule has 1 heterocycles. The average Bonchev–Trinajstić information content (AvgIpc) is 2.93. The van der Waals surface area contributed by atoms with E-state index in [0.717, 1.165) is 18.6 Å². The van der Waals surface area contributed by atoms with Crippen molar-refractivity contribution in [3.8, 4) is 0 Å². The molecule has 0 saturated carbocycles. The van der Waals surface area contributed by atoms with Crippen LogP contribution in [0.4, 0.5) is 10.1 Å². The average molecular weight is 402 g/mol. The van der Waals surface area contributed by atoms with Gasteiger partial charge in [-0.1, -0.05) is 31.2 Å². The molecule has 0 spiro atoms. The predicted octanol–water partition coefficient (Wildman–Crippen LogP) is 3.86. The molecular weight excluding hydrogens is 379 g/mol. The zero-order chi connectivity index (χ0) is 20.3. The number of thioether (sulfide) groups is 1. The lowest BCUT2D eigenvalue weighted by atomic mass is 9.77. The number of benzene rings is 1. The van der Waals surface area contributed by atoms with E-state index in [1.165, 1.54) is 41.6 Å². The predicted molar refractivity (Wildman–Crippen MR) is 111 cm³/mol. The number of amidine groups is 1. The van der Waals surface area contributed by atoms with E-state index in [2.05, 4.69) is 41.6 Å². The van der Waals surface area contributed by atoms with Crippen molar-refractivity contribution in [1.29, 1.82) is 0 Å². The Morgan fingerprint density at radius 3 is 2.68 bits per heavy atom. The molecule has 2 amide bonds. The summed E-state index contributed by atoms with van der Waals surface area (Å²) in [5.74, 6) is -0.967. The van der Waals surface area contributed by atoms with E-state index in [9.17, 15) is 14.0 Å². The first-order chi connectivity index (χ1) is 13.2.